The first kappa shape index (κ1) is 12.2. The molecule has 1 aromatic heterocycles. The van der Waals surface area contributed by atoms with Gasteiger partial charge in [-0.2, -0.15) is 5.10 Å². The normalized spacial score (nSPS) is 33.5. The first-order chi connectivity index (χ1) is 8.86. The Morgan fingerprint density at radius 2 is 2.00 bits per heavy atom. The summed E-state index contributed by atoms with van der Waals surface area (Å²) in [6.45, 7) is 0.862. The summed E-state index contributed by atoms with van der Waals surface area (Å²) in [6.07, 6.45) is 10.4. The summed E-state index contributed by atoms with van der Waals surface area (Å²) >= 11 is 0. The molecule has 18 heavy (non-hydrogen) atoms. The number of rotatable bonds is 2. The molecule has 1 saturated heterocycles. The first-order valence-electron chi connectivity index (χ1n) is 7.27. The van der Waals surface area contributed by atoms with Crippen molar-refractivity contribution in [3.8, 4) is 0 Å². The van der Waals surface area contributed by atoms with E-state index in [0.29, 0.717) is 5.92 Å². The van der Waals surface area contributed by atoms with Crippen LogP contribution in [-0.4, -0.2) is 22.4 Å². The van der Waals surface area contributed by atoms with Gasteiger partial charge >= 0.3 is 0 Å². The topological polar surface area (TPSA) is 53.1 Å². The third kappa shape index (κ3) is 2.31. The predicted molar refractivity (Wildman–Crippen MR) is 70.3 cm³/mol. The van der Waals surface area contributed by atoms with Crippen molar-refractivity contribution in [1.29, 1.82) is 0 Å². The average Bonchev–Trinajstić information content (AvgIpc) is 2.89. The fraction of sp³-hybridized carbons (Fsp3) is 0.786. The number of ether oxygens (including phenoxy) is 1. The molecule has 3 unspecified atom stereocenters. The third-order valence-corrected chi connectivity index (χ3v) is 4.33. The SMILES string of the molecule is NC1CCCCC1c1ccnn1C1CCCCO1. The maximum absolute atomic E-state index is 6.29. The van der Waals surface area contributed by atoms with Crippen LogP contribution < -0.4 is 5.73 Å². The standard InChI is InChI=1S/C14H23N3O/c15-12-6-2-1-5-11(12)13-8-9-16-17(13)14-7-3-4-10-18-14/h8-9,11-12,14H,1-7,10,15H2. The Bertz CT molecular complexity index is 384. The van der Waals surface area contributed by atoms with Gasteiger partial charge in [0.25, 0.3) is 0 Å². The van der Waals surface area contributed by atoms with Crippen molar-refractivity contribution >= 4 is 0 Å². The lowest BCUT2D eigenvalue weighted by atomic mass is 9.83. The minimum atomic E-state index is 0.137. The highest BCUT2D eigenvalue weighted by Gasteiger charge is 2.28. The van der Waals surface area contributed by atoms with Crippen molar-refractivity contribution in [2.45, 2.75) is 63.1 Å². The second-order valence-electron chi connectivity index (χ2n) is 5.58. The van der Waals surface area contributed by atoms with Gasteiger partial charge in [-0.15, -0.1) is 0 Å². The van der Waals surface area contributed by atoms with Crippen molar-refractivity contribution in [2.24, 2.45) is 5.73 Å². The van der Waals surface area contributed by atoms with E-state index in [0.717, 1.165) is 19.4 Å². The Hall–Kier alpha value is -0.870. The van der Waals surface area contributed by atoms with E-state index < -0.39 is 0 Å². The molecule has 0 spiro atoms. The van der Waals surface area contributed by atoms with Crippen LogP contribution in [-0.2, 0) is 4.74 Å². The molecule has 2 heterocycles. The molecular weight excluding hydrogens is 226 g/mol. The maximum atomic E-state index is 6.29. The van der Waals surface area contributed by atoms with E-state index in [1.54, 1.807) is 0 Å². The van der Waals surface area contributed by atoms with E-state index in [-0.39, 0.29) is 12.3 Å². The van der Waals surface area contributed by atoms with Gasteiger partial charge in [0.2, 0.25) is 0 Å². The Balaban J connectivity index is 1.81. The van der Waals surface area contributed by atoms with Crippen molar-refractivity contribution in [3.05, 3.63) is 18.0 Å². The first-order valence-corrected chi connectivity index (χ1v) is 7.27. The lowest BCUT2D eigenvalue weighted by Gasteiger charge is -2.31. The zero-order valence-electron chi connectivity index (χ0n) is 10.9. The largest absolute Gasteiger partial charge is 0.357 e. The van der Waals surface area contributed by atoms with Crippen LogP contribution in [0.2, 0.25) is 0 Å². The van der Waals surface area contributed by atoms with E-state index >= 15 is 0 Å². The average molecular weight is 249 g/mol. The molecular formula is C14H23N3O. The van der Waals surface area contributed by atoms with Crippen LogP contribution in [0.1, 0.15) is 62.8 Å². The van der Waals surface area contributed by atoms with E-state index in [9.17, 15) is 0 Å². The monoisotopic (exact) mass is 249 g/mol. The molecule has 4 nitrogen and oxygen atoms in total. The van der Waals surface area contributed by atoms with Crippen molar-refractivity contribution in [3.63, 3.8) is 0 Å². The van der Waals surface area contributed by atoms with Crippen LogP contribution in [0.4, 0.5) is 0 Å². The van der Waals surface area contributed by atoms with E-state index in [1.807, 2.05) is 6.20 Å². The lowest BCUT2D eigenvalue weighted by molar-refractivity contribution is -0.0420. The van der Waals surface area contributed by atoms with E-state index in [1.165, 1.54) is 37.8 Å². The molecule has 0 amide bonds. The summed E-state index contributed by atoms with van der Waals surface area (Å²) in [6, 6.07) is 2.42. The van der Waals surface area contributed by atoms with Gasteiger partial charge in [-0.05, 0) is 38.2 Å². The molecule has 1 saturated carbocycles. The Kier molecular flexibility index (Phi) is 3.66. The highest BCUT2D eigenvalue weighted by molar-refractivity contribution is 5.12. The zero-order chi connectivity index (χ0) is 12.4. The molecule has 2 fully saturated rings. The van der Waals surface area contributed by atoms with Crippen molar-refractivity contribution in [1.82, 2.24) is 9.78 Å². The molecule has 3 atom stereocenters. The van der Waals surface area contributed by atoms with Gasteiger partial charge in [-0.3, -0.25) is 0 Å². The molecule has 100 valence electrons. The van der Waals surface area contributed by atoms with Gasteiger partial charge in [0, 0.05) is 30.5 Å². The third-order valence-electron chi connectivity index (χ3n) is 4.33. The summed E-state index contributed by atoms with van der Waals surface area (Å²) in [4.78, 5) is 0. The molecule has 1 aliphatic carbocycles. The van der Waals surface area contributed by atoms with Crippen molar-refractivity contribution < 1.29 is 4.74 Å². The molecule has 2 N–H and O–H groups in total. The summed E-state index contributed by atoms with van der Waals surface area (Å²) < 4.78 is 7.94. The van der Waals surface area contributed by atoms with Crippen LogP contribution in [0.3, 0.4) is 0 Å². The number of hydrogen-bond donors (Lipinski definition) is 1. The molecule has 1 aliphatic heterocycles. The van der Waals surface area contributed by atoms with Crippen LogP contribution >= 0.6 is 0 Å². The highest BCUT2D eigenvalue weighted by Crippen LogP contribution is 2.34. The molecule has 3 rings (SSSR count). The van der Waals surface area contributed by atoms with Crippen molar-refractivity contribution in [2.75, 3.05) is 6.61 Å². The predicted octanol–water partition coefficient (Wildman–Crippen LogP) is 2.57. The minimum absolute atomic E-state index is 0.137. The highest BCUT2D eigenvalue weighted by atomic mass is 16.5. The number of aromatic nitrogens is 2. The van der Waals surface area contributed by atoms with Gasteiger partial charge in [-0.1, -0.05) is 12.8 Å². The van der Waals surface area contributed by atoms with E-state index in [4.69, 9.17) is 10.5 Å². The summed E-state index contributed by atoms with van der Waals surface area (Å²) in [5, 5.41) is 4.49. The Morgan fingerprint density at radius 1 is 1.17 bits per heavy atom. The van der Waals surface area contributed by atoms with Crippen LogP contribution in [0, 0.1) is 0 Å². The Labute approximate surface area is 108 Å². The maximum Gasteiger partial charge on any atom is 0.150 e. The molecule has 0 aromatic carbocycles. The summed E-state index contributed by atoms with van der Waals surface area (Å²) in [5.41, 5.74) is 7.57. The number of nitrogens with two attached hydrogens (primary N) is 1. The lowest BCUT2D eigenvalue weighted by Crippen LogP contribution is -2.34. The van der Waals surface area contributed by atoms with Gasteiger partial charge in [0.1, 0.15) is 6.23 Å². The van der Waals surface area contributed by atoms with Crippen LogP contribution in [0.15, 0.2) is 12.3 Å². The summed E-state index contributed by atoms with van der Waals surface area (Å²) in [5.74, 6) is 0.465. The van der Waals surface area contributed by atoms with Crippen LogP contribution in [0.5, 0.6) is 0 Å². The molecule has 0 radical (unpaired) electrons. The fourth-order valence-corrected chi connectivity index (χ4v) is 3.30. The van der Waals surface area contributed by atoms with Gasteiger partial charge in [0.15, 0.2) is 0 Å². The van der Waals surface area contributed by atoms with E-state index in [2.05, 4.69) is 15.8 Å². The van der Waals surface area contributed by atoms with Crippen LogP contribution in [0.25, 0.3) is 0 Å². The molecule has 4 heteroatoms. The van der Waals surface area contributed by atoms with Gasteiger partial charge in [0.05, 0.1) is 0 Å². The number of hydrogen-bond acceptors (Lipinski definition) is 3. The molecule has 0 bridgehead atoms. The number of nitrogens with zero attached hydrogens (tertiary/aromatic N) is 2. The fourth-order valence-electron chi connectivity index (χ4n) is 3.30. The molecule has 1 aromatic rings. The quantitative estimate of drug-likeness (QED) is 0.876. The Morgan fingerprint density at radius 3 is 2.78 bits per heavy atom. The second-order valence-corrected chi connectivity index (χ2v) is 5.58. The minimum Gasteiger partial charge on any atom is -0.357 e. The zero-order valence-corrected chi connectivity index (χ0v) is 10.9. The van der Waals surface area contributed by atoms with Gasteiger partial charge in [-0.25, -0.2) is 4.68 Å². The summed E-state index contributed by atoms with van der Waals surface area (Å²) in [7, 11) is 0. The smallest absolute Gasteiger partial charge is 0.150 e. The second kappa shape index (κ2) is 5.41. The molecule has 2 aliphatic rings. The van der Waals surface area contributed by atoms with Gasteiger partial charge < -0.3 is 10.5 Å².